The van der Waals surface area contributed by atoms with E-state index in [1.165, 1.54) is 11.3 Å². The molecular weight excluding hydrogens is 262 g/mol. The average molecular weight is 285 g/mol. The van der Waals surface area contributed by atoms with Crippen LogP contribution in [0.25, 0.3) is 0 Å². The smallest absolute Gasteiger partial charge is 0.347 e. The summed E-state index contributed by atoms with van der Waals surface area (Å²) in [6.45, 7) is 8.73. The van der Waals surface area contributed by atoms with Gasteiger partial charge in [0.25, 0.3) is 0 Å². The highest BCUT2D eigenvalue weighted by atomic mass is 32.1. The normalized spacial score (nSPS) is 11.3. The molecule has 0 aromatic carbocycles. The molecule has 0 radical (unpaired) electrons. The Morgan fingerprint density at radius 3 is 2.42 bits per heavy atom. The highest BCUT2D eigenvalue weighted by Gasteiger charge is 2.18. The van der Waals surface area contributed by atoms with E-state index in [2.05, 4.69) is 28.6 Å². The van der Waals surface area contributed by atoms with Crippen molar-refractivity contribution in [3.63, 3.8) is 0 Å². The summed E-state index contributed by atoms with van der Waals surface area (Å²) >= 11 is 1.27. The number of carbonyl (C=O) groups is 1. The first-order valence-electron chi connectivity index (χ1n) is 6.41. The van der Waals surface area contributed by atoms with Crippen molar-refractivity contribution in [3.8, 4) is 0 Å². The first-order valence-corrected chi connectivity index (χ1v) is 7.23. The summed E-state index contributed by atoms with van der Waals surface area (Å²) in [6, 6.07) is 0. The predicted octanol–water partition coefficient (Wildman–Crippen LogP) is 2.17. The standard InChI is InChI=1S/C13H23N3O2S/c1-9(2)8-16(7-6-15(4)5)13-14-10(3)11(19-13)12(17)18/h9H,6-8H2,1-5H3,(H,17,18). The molecule has 0 aliphatic heterocycles. The largest absolute Gasteiger partial charge is 0.477 e. The van der Waals surface area contributed by atoms with Crippen molar-refractivity contribution in [2.45, 2.75) is 20.8 Å². The quantitative estimate of drug-likeness (QED) is 0.832. The molecule has 0 amide bonds. The second kappa shape index (κ2) is 6.86. The number of nitrogens with zero attached hydrogens (tertiary/aromatic N) is 3. The van der Waals surface area contributed by atoms with Crippen molar-refractivity contribution in [3.05, 3.63) is 10.6 Å². The van der Waals surface area contributed by atoms with Gasteiger partial charge >= 0.3 is 5.97 Å². The van der Waals surface area contributed by atoms with Gasteiger partial charge in [-0.15, -0.1) is 0 Å². The lowest BCUT2D eigenvalue weighted by Gasteiger charge is -2.25. The van der Waals surface area contributed by atoms with E-state index in [4.69, 9.17) is 5.11 Å². The monoisotopic (exact) mass is 285 g/mol. The van der Waals surface area contributed by atoms with Crippen molar-refractivity contribution < 1.29 is 9.90 Å². The molecule has 0 bridgehead atoms. The Labute approximate surface area is 118 Å². The van der Waals surface area contributed by atoms with Crippen LogP contribution in [0, 0.1) is 12.8 Å². The fourth-order valence-corrected chi connectivity index (χ4v) is 2.68. The van der Waals surface area contributed by atoms with Crippen molar-refractivity contribution in [1.82, 2.24) is 9.88 Å². The molecule has 1 aromatic rings. The molecule has 0 spiro atoms. The molecule has 0 aliphatic carbocycles. The Morgan fingerprint density at radius 2 is 2.00 bits per heavy atom. The van der Waals surface area contributed by atoms with E-state index in [1.54, 1.807) is 6.92 Å². The Bertz CT molecular complexity index is 430. The molecule has 0 saturated heterocycles. The first kappa shape index (κ1) is 15.9. The van der Waals surface area contributed by atoms with E-state index in [-0.39, 0.29) is 0 Å². The minimum absolute atomic E-state index is 0.341. The van der Waals surface area contributed by atoms with Gasteiger partial charge in [-0.1, -0.05) is 25.2 Å². The van der Waals surface area contributed by atoms with Crippen LogP contribution in [-0.2, 0) is 0 Å². The molecule has 1 aromatic heterocycles. The Morgan fingerprint density at radius 1 is 1.37 bits per heavy atom. The van der Waals surface area contributed by atoms with Gasteiger partial charge in [0.15, 0.2) is 5.13 Å². The number of aryl methyl sites for hydroxylation is 1. The Kier molecular flexibility index (Phi) is 5.75. The third-order valence-electron chi connectivity index (χ3n) is 2.65. The highest BCUT2D eigenvalue weighted by molar-refractivity contribution is 7.17. The molecule has 0 saturated carbocycles. The summed E-state index contributed by atoms with van der Waals surface area (Å²) in [5.41, 5.74) is 0.603. The van der Waals surface area contributed by atoms with Gasteiger partial charge in [-0.3, -0.25) is 0 Å². The van der Waals surface area contributed by atoms with E-state index < -0.39 is 5.97 Å². The van der Waals surface area contributed by atoms with Gasteiger partial charge in [0, 0.05) is 19.6 Å². The number of aromatic nitrogens is 1. The van der Waals surface area contributed by atoms with E-state index in [9.17, 15) is 4.79 Å². The minimum atomic E-state index is -0.890. The number of anilines is 1. The molecule has 19 heavy (non-hydrogen) atoms. The average Bonchev–Trinajstić information content (AvgIpc) is 2.65. The maximum Gasteiger partial charge on any atom is 0.347 e. The van der Waals surface area contributed by atoms with E-state index in [1.807, 2.05) is 14.1 Å². The van der Waals surface area contributed by atoms with Crippen LogP contribution in [0.15, 0.2) is 0 Å². The number of thiazole rings is 1. The summed E-state index contributed by atoms with van der Waals surface area (Å²) < 4.78 is 0. The number of carboxylic acids is 1. The molecule has 0 unspecified atom stereocenters. The molecule has 5 nitrogen and oxygen atoms in total. The van der Waals surface area contributed by atoms with Gasteiger partial charge in [-0.2, -0.15) is 0 Å². The maximum absolute atomic E-state index is 11.1. The fourth-order valence-electron chi connectivity index (χ4n) is 1.74. The predicted molar refractivity (Wildman–Crippen MR) is 79.4 cm³/mol. The van der Waals surface area contributed by atoms with E-state index >= 15 is 0 Å². The number of hydrogen-bond donors (Lipinski definition) is 1. The van der Waals surface area contributed by atoms with Gasteiger partial charge in [-0.25, -0.2) is 9.78 Å². The summed E-state index contributed by atoms with van der Waals surface area (Å²) in [6.07, 6.45) is 0. The molecule has 0 fully saturated rings. The zero-order chi connectivity index (χ0) is 14.6. The first-order chi connectivity index (χ1) is 8.81. The van der Waals surface area contributed by atoms with Crippen molar-refractivity contribution in [2.24, 2.45) is 5.92 Å². The lowest BCUT2D eigenvalue weighted by atomic mass is 10.2. The van der Waals surface area contributed by atoms with Gasteiger partial charge in [0.1, 0.15) is 4.88 Å². The van der Waals surface area contributed by atoms with Crippen LogP contribution in [0.2, 0.25) is 0 Å². The van der Waals surface area contributed by atoms with Crippen molar-refractivity contribution in [1.29, 1.82) is 0 Å². The van der Waals surface area contributed by atoms with E-state index in [0.29, 0.717) is 16.5 Å². The third-order valence-corrected chi connectivity index (χ3v) is 3.86. The van der Waals surface area contributed by atoms with Crippen molar-refractivity contribution in [2.75, 3.05) is 38.6 Å². The van der Waals surface area contributed by atoms with Crippen LogP contribution in [0.4, 0.5) is 5.13 Å². The minimum Gasteiger partial charge on any atom is -0.477 e. The highest BCUT2D eigenvalue weighted by Crippen LogP contribution is 2.26. The third kappa shape index (κ3) is 4.80. The maximum atomic E-state index is 11.1. The zero-order valence-corrected chi connectivity index (χ0v) is 13.1. The zero-order valence-electron chi connectivity index (χ0n) is 12.3. The van der Waals surface area contributed by atoms with Gasteiger partial charge in [0.2, 0.25) is 0 Å². The van der Waals surface area contributed by atoms with Crippen LogP contribution in [-0.4, -0.2) is 54.7 Å². The van der Waals surface area contributed by atoms with Gasteiger partial charge in [-0.05, 0) is 26.9 Å². The number of carboxylic acid groups (broad SMARTS) is 1. The van der Waals surface area contributed by atoms with Crippen LogP contribution in [0.1, 0.15) is 29.2 Å². The SMILES string of the molecule is Cc1nc(N(CCN(C)C)CC(C)C)sc1C(=O)O. The molecule has 0 atom stereocenters. The number of likely N-dealkylation sites (N-methyl/N-ethyl adjacent to an activating group) is 1. The fraction of sp³-hybridized carbons (Fsp3) is 0.692. The van der Waals surface area contributed by atoms with Crippen LogP contribution in [0.5, 0.6) is 0 Å². The summed E-state index contributed by atoms with van der Waals surface area (Å²) in [7, 11) is 4.06. The molecule has 6 heteroatoms. The number of rotatable bonds is 7. The summed E-state index contributed by atoms with van der Waals surface area (Å²) in [5.74, 6) is -0.377. The Hall–Kier alpha value is -1.14. The molecule has 108 valence electrons. The molecule has 1 heterocycles. The van der Waals surface area contributed by atoms with Crippen LogP contribution in [0.3, 0.4) is 0 Å². The van der Waals surface area contributed by atoms with Crippen molar-refractivity contribution >= 4 is 22.4 Å². The molecule has 1 N–H and O–H groups in total. The molecular formula is C13H23N3O2S. The summed E-state index contributed by atoms with van der Waals surface area (Å²) in [4.78, 5) is 20.1. The van der Waals surface area contributed by atoms with Gasteiger partial charge < -0.3 is 14.9 Å². The summed E-state index contributed by atoms with van der Waals surface area (Å²) in [5, 5.41) is 9.92. The lowest BCUT2D eigenvalue weighted by molar-refractivity contribution is 0.0701. The Balaban J connectivity index is 2.90. The van der Waals surface area contributed by atoms with Gasteiger partial charge in [0.05, 0.1) is 5.69 Å². The molecule has 1 rings (SSSR count). The second-order valence-corrected chi connectivity index (χ2v) is 6.34. The van der Waals surface area contributed by atoms with Crippen LogP contribution < -0.4 is 4.90 Å². The number of hydrogen-bond acceptors (Lipinski definition) is 5. The van der Waals surface area contributed by atoms with Crippen LogP contribution >= 0.6 is 11.3 Å². The number of aromatic carboxylic acids is 1. The molecule has 0 aliphatic rings. The van der Waals surface area contributed by atoms with E-state index in [0.717, 1.165) is 24.8 Å². The topological polar surface area (TPSA) is 56.7 Å². The second-order valence-electron chi connectivity index (χ2n) is 5.36. The lowest BCUT2D eigenvalue weighted by Crippen LogP contribution is -2.34.